The molecule has 0 bridgehead atoms. The van der Waals surface area contributed by atoms with E-state index >= 15 is 0 Å². The van der Waals surface area contributed by atoms with E-state index in [0.29, 0.717) is 13.1 Å². The third kappa shape index (κ3) is 4.93. The zero-order valence-electron chi connectivity index (χ0n) is 11.4. The van der Waals surface area contributed by atoms with Crippen LogP contribution in [0.2, 0.25) is 5.02 Å². The molecule has 4 nitrogen and oxygen atoms in total. The van der Waals surface area contributed by atoms with Gasteiger partial charge in [-0.05, 0) is 44.8 Å². The Kier molecular flexibility index (Phi) is 6.39. The van der Waals surface area contributed by atoms with Crippen molar-refractivity contribution in [2.45, 2.75) is 13.5 Å². The molecule has 0 aliphatic heterocycles. The van der Waals surface area contributed by atoms with Gasteiger partial charge in [-0.2, -0.15) is 0 Å². The summed E-state index contributed by atoms with van der Waals surface area (Å²) in [5.41, 5.74) is 2.42. The monoisotopic (exact) mass is 282 g/mol. The van der Waals surface area contributed by atoms with Crippen LogP contribution >= 0.6 is 11.6 Å². The Bertz CT molecular complexity index is 523. The van der Waals surface area contributed by atoms with E-state index in [9.17, 15) is 4.79 Å². The summed E-state index contributed by atoms with van der Waals surface area (Å²) in [5.74, 6) is 0. The first-order valence-electron chi connectivity index (χ1n) is 6.04. The molecule has 2 aromatic rings. The number of aromatic amines is 1. The second kappa shape index (κ2) is 7.81. The second-order valence-corrected chi connectivity index (χ2v) is 4.73. The number of aromatic nitrogens is 1. The fraction of sp³-hybridized carbons (Fsp3) is 0.357. The van der Waals surface area contributed by atoms with Crippen LogP contribution in [0.15, 0.2) is 24.4 Å². The molecule has 1 heterocycles. The van der Waals surface area contributed by atoms with Crippen LogP contribution in [-0.4, -0.2) is 37.1 Å². The van der Waals surface area contributed by atoms with Gasteiger partial charge in [-0.1, -0.05) is 11.6 Å². The smallest absolute Gasteiger partial charge is 0.293 e. The lowest BCUT2D eigenvalue weighted by Crippen LogP contribution is -2.10. The van der Waals surface area contributed by atoms with Gasteiger partial charge in [-0.15, -0.1) is 0 Å². The number of rotatable bonds is 4. The van der Waals surface area contributed by atoms with Crippen molar-refractivity contribution >= 4 is 29.0 Å². The number of fused-ring (bicyclic) bond motifs is 1. The quantitative estimate of drug-likeness (QED) is 0.877. The van der Waals surface area contributed by atoms with Crippen LogP contribution in [0, 0.1) is 0 Å². The predicted molar refractivity (Wildman–Crippen MR) is 78.4 cm³/mol. The summed E-state index contributed by atoms with van der Waals surface area (Å²) in [6, 6.07) is 6.04. The molecule has 104 valence electrons. The van der Waals surface area contributed by atoms with Crippen molar-refractivity contribution in [1.82, 2.24) is 9.88 Å². The third-order valence-corrected chi connectivity index (χ3v) is 2.65. The highest BCUT2D eigenvalue weighted by atomic mass is 35.5. The van der Waals surface area contributed by atoms with Gasteiger partial charge in [-0.3, -0.25) is 4.79 Å². The van der Waals surface area contributed by atoms with E-state index in [1.54, 1.807) is 6.92 Å². The van der Waals surface area contributed by atoms with Crippen molar-refractivity contribution in [2.75, 3.05) is 20.7 Å². The lowest BCUT2D eigenvalue weighted by Gasteiger charge is -2.10. The van der Waals surface area contributed by atoms with Crippen LogP contribution < -0.4 is 0 Å². The molecule has 1 N–H and O–H groups in total. The number of carbonyl (C=O) groups excluding carboxylic acids is 1. The molecule has 0 atom stereocenters. The summed E-state index contributed by atoms with van der Waals surface area (Å²) < 4.78 is 4.15. The molecule has 0 amide bonds. The Morgan fingerprint density at radius 3 is 2.68 bits per heavy atom. The fourth-order valence-corrected chi connectivity index (χ4v) is 1.99. The van der Waals surface area contributed by atoms with Crippen LogP contribution in [0.4, 0.5) is 0 Å². The molecule has 0 saturated carbocycles. The number of hydrogen-bond acceptors (Lipinski definition) is 3. The number of nitrogens with zero attached hydrogens (tertiary/aromatic N) is 1. The average Bonchev–Trinajstić information content (AvgIpc) is 2.78. The van der Waals surface area contributed by atoms with Crippen molar-refractivity contribution in [3.63, 3.8) is 0 Å². The number of ether oxygens (including phenoxy) is 1. The molecular weight excluding hydrogens is 264 g/mol. The van der Waals surface area contributed by atoms with E-state index in [-0.39, 0.29) is 0 Å². The summed E-state index contributed by atoms with van der Waals surface area (Å²) in [7, 11) is 4.10. The fourth-order valence-electron chi connectivity index (χ4n) is 1.74. The van der Waals surface area contributed by atoms with Crippen molar-refractivity contribution in [3.05, 3.63) is 35.0 Å². The minimum atomic E-state index is 0.431. The van der Waals surface area contributed by atoms with E-state index < -0.39 is 0 Å². The zero-order valence-corrected chi connectivity index (χ0v) is 12.2. The number of benzene rings is 1. The van der Waals surface area contributed by atoms with Gasteiger partial charge in [0.15, 0.2) is 0 Å². The first-order valence-corrected chi connectivity index (χ1v) is 6.41. The van der Waals surface area contributed by atoms with E-state index in [1.807, 2.05) is 24.4 Å². The van der Waals surface area contributed by atoms with E-state index in [2.05, 4.69) is 28.7 Å². The minimum absolute atomic E-state index is 0.431. The highest BCUT2D eigenvalue weighted by Crippen LogP contribution is 2.23. The van der Waals surface area contributed by atoms with E-state index in [0.717, 1.165) is 11.6 Å². The first-order chi connectivity index (χ1) is 9.08. The molecule has 5 heteroatoms. The second-order valence-electron chi connectivity index (χ2n) is 4.30. The van der Waals surface area contributed by atoms with Gasteiger partial charge in [-0.25, -0.2) is 0 Å². The van der Waals surface area contributed by atoms with E-state index in [1.165, 1.54) is 16.5 Å². The maximum Gasteiger partial charge on any atom is 0.293 e. The zero-order chi connectivity index (χ0) is 14.3. The molecular formula is C14H19ClN2O2. The van der Waals surface area contributed by atoms with Gasteiger partial charge in [0.25, 0.3) is 6.47 Å². The molecule has 0 unspecified atom stereocenters. The Balaban J connectivity index is 0.000000312. The summed E-state index contributed by atoms with van der Waals surface area (Å²) in [5, 5.41) is 1.98. The van der Waals surface area contributed by atoms with Gasteiger partial charge in [0, 0.05) is 23.2 Å². The molecule has 0 radical (unpaired) electrons. The molecule has 0 fully saturated rings. The molecule has 0 spiro atoms. The molecule has 0 aliphatic rings. The molecule has 19 heavy (non-hydrogen) atoms. The number of nitrogens with one attached hydrogen (secondary N) is 1. The Labute approximate surface area is 118 Å². The summed E-state index contributed by atoms with van der Waals surface area (Å²) in [6.07, 6.45) is 1.94. The van der Waals surface area contributed by atoms with Crippen LogP contribution in [-0.2, 0) is 16.1 Å². The maximum absolute atomic E-state index is 9.18. The highest BCUT2D eigenvalue weighted by Gasteiger charge is 2.04. The largest absolute Gasteiger partial charge is 0.468 e. The number of halogens is 1. The number of H-pyrrole nitrogens is 1. The maximum atomic E-state index is 9.18. The molecule has 0 aliphatic carbocycles. The molecule has 0 saturated heterocycles. The first kappa shape index (κ1) is 15.5. The highest BCUT2D eigenvalue weighted by molar-refractivity contribution is 6.31. The van der Waals surface area contributed by atoms with Gasteiger partial charge in [0.1, 0.15) is 0 Å². The number of carbonyl (C=O) groups is 1. The van der Waals surface area contributed by atoms with Crippen molar-refractivity contribution in [1.29, 1.82) is 0 Å². The van der Waals surface area contributed by atoms with Gasteiger partial charge in [0.2, 0.25) is 0 Å². The van der Waals surface area contributed by atoms with Gasteiger partial charge in [0.05, 0.1) is 12.1 Å². The molecule has 1 aromatic carbocycles. The Hall–Kier alpha value is -1.52. The standard InChI is InChI=1S/C11H13ClN2.C3H6O2/c1-14(2)7-9-6-10(12)5-8-3-4-13-11(8)9;1-2-5-3-4/h3-6,13H,7H2,1-2H3;3H,2H2,1H3. The summed E-state index contributed by atoms with van der Waals surface area (Å²) in [6.45, 7) is 3.56. The van der Waals surface area contributed by atoms with Gasteiger partial charge >= 0.3 is 0 Å². The normalized spacial score (nSPS) is 10.2. The minimum Gasteiger partial charge on any atom is -0.468 e. The van der Waals surface area contributed by atoms with Crippen molar-refractivity contribution in [3.8, 4) is 0 Å². The van der Waals surface area contributed by atoms with Gasteiger partial charge < -0.3 is 14.6 Å². The lowest BCUT2D eigenvalue weighted by atomic mass is 10.1. The predicted octanol–water partition coefficient (Wildman–Crippen LogP) is 3.06. The Morgan fingerprint density at radius 1 is 1.42 bits per heavy atom. The van der Waals surface area contributed by atoms with E-state index in [4.69, 9.17) is 11.6 Å². The average molecular weight is 283 g/mol. The van der Waals surface area contributed by atoms with Crippen LogP contribution in [0.3, 0.4) is 0 Å². The number of hydrogen-bond donors (Lipinski definition) is 1. The third-order valence-electron chi connectivity index (χ3n) is 2.43. The van der Waals surface area contributed by atoms with Crippen molar-refractivity contribution < 1.29 is 9.53 Å². The van der Waals surface area contributed by atoms with Crippen LogP contribution in [0.5, 0.6) is 0 Å². The van der Waals surface area contributed by atoms with Crippen LogP contribution in [0.25, 0.3) is 10.9 Å². The summed E-state index contributed by atoms with van der Waals surface area (Å²) >= 11 is 6.03. The summed E-state index contributed by atoms with van der Waals surface area (Å²) in [4.78, 5) is 14.5. The molecule has 1 aromatic heterocycles. The van der Waals surface area contributed by atoms with Crippen LogP contribution in [0.1, 0.15) is 12.5 Å². The topological polar surface area (TPSA) is 45.3 Å². The SMILES string of the molecule is CCOC=O.CN(C)Cc1cc(Cl)cc2cc[nH]c12. The molecule has 2 rings (SSSR count). The lowest BCUT2D eigenvalue weighted by molar-refractivity contribution is -0.128. The Morgan fingerprint density at radius 2 is 2.16 bits per heavy atom. The van der Waals surface area contributed by atoms with Crippen molar-refractivity contribution in [2.24, 2.45) is 0 Å².